The van der Waals surface area contributed by atoms with Crippen LogP contribution in [0.5, 0.6) is 0 Å². The molecule has 0 bridgehead atoms. The number of aromatic nitrogens is 1. The molecule has 0 aromatic carbocycles. The molecule has 0 aliphatic carbocycles. The fraction of sp³-hybridized carbons (Fsp3) is 0.545. The van der Waals surface area contributed by atoms with Gasteiger partial charge in [-0.3, -0.25) is 4.79 Å². The van der Waals surface area contributed by atoms with E-state index < -0.39 is 5.97 Å². The minimum Gasteiger partial charge on any atom is -0.477 e. The Balaban J connectivity index is 2.79. The SMILES string of the molecule is CCC(CC)C(=O)Nc1nc(C)c(C(=O)O)s1. The maximum Gasteiger partial charge on any atom is 0.347 e. The summed E-state index contributed by atoms with van der Waals surface area (Å²) >= 11 is 0.992. The molecule has 0 aliphatic rings. The van der Waals surface area contributed by atoms with Gasteiger partial charge in [-0.1, -0.05) is 25.2 Å². The molecule has 1 heterocycles. The van der Waals surface area contributed by atoms with Gasteiger partial charge in [0.05, 0.1) is 5.69 Å². The molecule has 0 atom stereocenters. The number of nitrogens with zero attached hydrogens (tertiary/aromatic N) is 1. The smallest absolute Gasteiger partial charge is 0.347 e. The zero-order chi connectivity index (χ0) is 13.0. The fourth-order valence-corrected chi connectivity index (χ4v) is 2.32. The van der Waals surface area contributed by atoms with E-state index in [1.807, 2.05) is 13.8 Å². The van der Waals surface area contributed by atoms with Gasteiger partial charge in [0.1, 0.15) is 4.88 Å². The molecule has 0 fully saturated rings. The topological polar surface area (TPSA) is 79.3 Å². The van der Waals surface area contributed by atoms with Crippen molar-refractivity contribution >= 4 is 28.3 Å². The average Bonchev–Trinajstić information content (AvgIpc) is 2.61. The number of hydrogen-bond acceptors (Lipinski definition) is 4. The van der Waals surface area contributed by atoms with Crippen LogP contribution in [0, 0.1) is 12.8 Å². The van der Waals surface area contributed by atoms with Crippen LogP contribution >= 0.6 is 11.3 Å². The molecule has 0 spiro atoms. The number of rotatable bonds is 5. The third-order valence-electron chi connectivity index (χ3n) is 2.58. The van der Waals surface area contributed by atoms with Crippen LogP contribution < -0.4 is 5.32 Å². The third-order valence-corrected chi connectivity index (χ3v) is 3.64. The van der Waals surface area contributed by atoms with Crippen LogP contribution in [-0.4, -0.2) is 22.0 Å². The van der Waals surface area contributed by atoms with Crippen LogP contribution in [0.2, 0.25) is 0 Å². The molecule has 2 N–H and O–H groups in total. The summed E-state index contributed by atoms with van der Waals surface area (Å²) in [5, 5.41) is 11.9. The molecule has 1 aromatic heterocycles. The molecule has 0 saturated heterocycles. The van der Waals surface area contributed by atoms with Crippen LogP contribution in [0.15, 0.2) is 0 Å². The molecule has 6 heteroatoms. The molecule has 0 radical (unpaired) electrons. The second kappa shape index (κ2) is 5.77. The number of anilines is 1. The lowest BCUT2D eigenvalue weighted by Gasteiger charge is -2.10. The predicted octanol–water partition coefficient (Wildman–Crippen LogP) is 2.52. The first-order valence-electron chi connectivity index (χ1n) is 5.51. The van der Waals surface area contributed by atoms with E-state index in [2.05, 4.69) is 10.3 Å². The molecular formula is C11H16N2O3S. The van der Waals surface area contributed by atoms with Crippen LogP contribution in [0.4, 0.5) is 5.13 Å². The highest BCUT2D eigenvalue weighted by Crippen LogP contribution is 2.23. The number of hydrogen-bond donors (Lipinski definition) is 2. The number of carboxylic acid groups (broad SMARTS) is 1. The Bertz CT molecular complexity index is 424. The monoisotopic (exact) mass is 256 g/mol. The van der Waals surface area contributed by atoms with Crippen molar-refractivity contribution in [1.29, 1.82) is 0 Å². The molecular weight excluding hydrogens is 240 g/mol. The summed E-state index contributed by atoms with van der Waals surface area (Å²) in [5.74, 6) is -1.16. The van der Waals surface area contributed by atoms with E-state index in [1.165, 1.54) is 0 Å². The predicted molar refractivity (Wildman–Crippen MR) is 66.5 cm³/mol. The van der Waals surface area contributed by atoms with Crippen molar-refractivity contribution in [2.24, 2.45) is 5.92 Å². The summed E-state index contributed by atoms with van der Waals surface area (Å²) in [6.07, 6.45) is 1.52. The molecule has 0 aliphatic heterocycles. The van der Waals surface area contributed by atoms with E-state index in [9.17, 15) is 9.59 Å². The van der Waals surface area contributed by atoms with Crippen LogP contribution in [-0.2, 0) is 4.79 Å². The van der Waals surface area contributed by atoms with Gasteiger partial charge in [-0.15, -0.1) is 0 Å². The van der Waals surface area contributed by atoms with Crippen LogP contribution in [0.25, 0.3) is 0 Å². The van der Waals surface area contributed by atoms with E-state index in [0.717, 1.165) is 24.2 Å². The zero-order valence-electron chi connectivity index (χ0n) is 10.1. The summed E-state index contributed by atoms with van der Waals surface area (Å²) in [4.78, 5) is 26.8. The number of aromatic carboxylic acids is 1. The normalized spacial score (nSPS) is 10.6. The minimum atomic E-state index is -1.01. The van der Waals surface area contributed by atoms with Gasteiger partial charge in [-0.05, 0) is 19.8 Å². The van der Waals surface area contributed by atoms with Gasteiger partial charge in [-0.2, -0.15) is 0 Å². The second-order valence-corrected chi connectivity index (χ2v) is 4.74. The van der Waals surface area contributed by atoms with Crippen molar-refractivity contribution in [3.05, 3.63) is 10.6 Å². The highest BCUT2D eigenvalue weighted by atomic mass is 32.1. The van der Waals surface area contributed by atoms with Gasteiger partial charge in [-0.25, -0.2) is 9.78 Å². The lowest BCUT2D eigenvalue weighted by molar-refractivity contribution is -0.120. The number of carboxylic acids is 1. The first kappa shape index (κ1) is 13.6. The summed E-state index contributed by atoms with van der Waals surface area (Å²) in [6, 6.07) is 0. The highest BCUT2D eigenvalue weighted by Gasteiger charge is 2.18. The summed E-state index contributed by atoms with van der Waals surface area (Å²) < 4.78 is 0. The Hall–Kier alpha value is -1.43. The third kappa shape index (κ3) is 3.26. The average molecular weight is 256 g/mol. The largest absolute Gasteiger partial charge is 0.477 e. The lowest BCUT2D eigenvalue weighted by Crippen LogP contribution is -2.21. The van der Waals surface area contributed by atoms with E-state index in [0.29, 0.717) is 10.8 Å². The molecule has 1 amide bonds. The number of carbonyl (C=O) groups is 2. The van der Waals surface area contributed by atoms with Crippen molar-refractivity contribution in [3.63, 3.8) is 0 Å². The van der Waals surface area contributed by atoms with Crippen molar-refractivity contribution in [2.75, 3.05) is 5.32 Å². The Morgan fingerprint density at radius 1 is 1.41 bits per heavy atom. The van der Waals surface area contributed by atoms with Gasteiger partial charge in [0.25, 0.3) is 0 Å². The Kier molecular flexibility index (Phi) is 4.62. The number of thiazole rings is 1. The van der Waals surface area contributed by atoms with E-state index in [4.69, 9.17) is 5.11 Å². The van der Waals surface area contributed by atoms with Gasteiger partial charge in [0, 0.05) is 5.92 Å². The second-order valence-electron chi connectivity index (χ2n) is 3.74. The van der Waals surface area contributed by atoms with Gasteiger partial charge >= 0.3 is 5.97 Å². The van der Waals surface area contributed by atoms with Gasteiger partial charge in [0.2, 0.25) is 5.91 Å². The molecule has 0 unspecified atom stereocenters. The van der Waals surface area contributed by atoms with E-state index >= 15 is 0 Å². The number of amides is 1. The zero-order valence-corrected chi connectivity index (χ0v) is 10.9. The standard InChI is InChI=1S/C11H16N2O3S/c1-4-7(5-2)9(14)13-11-12-6(3)8(17-11)10(15)16/h7H,4-5H2,1-3H3,(H,15,16)(H,12,13,14). The molecule has 5 nitrogen and oxygen atoms in total. The number of aryl methyl sites for hydroxylation is 1. The van der Waals surface area contributed by atoms with Crippen molar-refractivity contribution in [2.45, 2.75) is 33.6 Å². The highest BCUT2D eigenvalue weighted by molar-refractivity contribution is 7.17. The molecule has 94 valence electrons. The number of carbonyl (C=O) groups excluding carboxylic acids is 1. The fourth-order valence-electron chi connectivity index (χ4n) is 1.52. The first-order valence-corrected chi connectivity index (χ1v) is 6.32. The van der Waals surface area contributed by atoms with E-state index in [-0.39, 0.29) is 16.7 Å². The van der Waals surface area contributed by atoms with E-state index in [1.54, 1.807) is 6.92 Å². The summed E-state index contributed by atoms with van der Waals surface area (Å²) in [5.41, 5.74) is 0.433. The maximum absolute atomic E-state index is 11.8. The van der Waals surface area contributed by atoms with Crippen molar-refractivity contribution in [3.8, 4) is 0 Å². The molecule has 17 heavy (non-hydrogen) atoms. The Labute approximate surface area is 104 Å². The van der Waals surface area contributed by atoms with Crippen molar-refractivity contribution < 1.29 is 14.7 Å². The molecule has 1 rings (SSSR count). The molecule has 0 saturated carbocycles. The van der Waals surface area contributed by atoms with Gasteiger partial charge in [0.15, 0.2) is 5.13 Å². The first-order chi connectivity index (χ1) is 7.99. The minimum absolute atomic E-state index is 0.0486. The number of nitrogens with one attached hydrogen (secondary N) is 1. The summed E-state index contributed by atoms with van der Waals surface area (Å²) in [6.45, 7) is 5.51. The maximum atomic E-state index is 11.8. The Morgan fingerprint density at radius 3 is 2.41 bits per heavy atom. The van der Waals surface area contributed by atoms with Crippen molar-refractivity contribution in [1.82, 2.24) is 4.98 Å². The summed E-state index contributed by atoms with van der Waals surface area (Å²) in [7, 11) is 0. The quantitative estimate of drug-likeness (QED) is 0.848. The van der Waals surface area contributed by atoms with Crippen LogP contribution in [0.3, 0.4) is 0 Å². The Morgan fingerprint density at radius 2 is 2.00 bits per heavy atom. The van der Waals surface area contributed by atoms with Gasteiger partial charge < -0.3 is 10.4 Å². The van der Waals surface area contributed by atoms with Crippen LogP contribution in [0.1, 0.15) is 42.1 Å². The lowest BCUT2D eigenvalue weighted by atomic mass is 10.0. The molecule has 1 aromatic rings.